The van der Waals surface area contributed by atoms with E-state index in [1.807, 2.05) is 6.07 Å². The Bertz CT molecular complexity index is 700. The number of hydrogen-bond donors (Lipinski definition) is 2. The summed E-state index contributed by atoms with van der Waals surface area (Å²) in [6.07, 6.45) is 0.369. The number of aromatic nitrogens is 1. The molecular formula is C18H20N2O3. The molecular weight excluding hydrogens is 292 g/mol. The molecule has 2 aromatic rings. The van der Waals surface area contributed by atoms with Crippen LogP contribution in [0, 0.1) is 6.92 Å². The van der Waals surface area contributed by atoms with Crippen LogP contribution in [0.5, 0.6) is 0 Å². The van der Waals surface area contributed by atoms with Gasteiger partial charge < -0.3 is 10.4 Å². The van der Waals surface area contributed by atoms with Gasteiger partial charge >= 0.3 is 5.97 Å². The van der Waals surface area contributed by atoms with E-state index in [1.54, 1.807) is 56.3 Å². The van der Waals surface area contributed by atoms with Gasteiger partial charge in [0, 0.05) is 12.2 Å². The molecule has 23 heavy (non-hydrogen) atoms. The molecule has 0 fully saturated rings. The SMILES string of the molecule is CCC(CNC(=O)c1cccc(C)n1)(C(=O)O)c1ccccc1. The molecule has 1 unspecified atom stereocenters. The zero-order valence-electron chi connectivity index (χ0n) is 13.2. The minimum absolute atomic E-state index is 0.0112. The van der Waals surface area contributed by atoms with E-state index in [4.69, 9.17) is 0 Å². The van der Waals surface area contributed by atoms with Crippen LogP contribution in [-0.2, 0) is 10.2 Å². The number of benzene rings is 1. The van der Waals surface area contributed by atoms with Gasteiger partial charge in [-0.2, -0.15) is 0 Å². The second kappa shape index (κ2) is 7.05. The summed E-state index contributed by atoms with van der Waals surface area (Å²) >= 11 is 0. The van der Waals surface area contributed by atoms with Gasteiger partial charge in [-0.05, 0) is 31.0 Å². The van der Waals surface area contributed by atoms with E-state index < -0.39 is 11.4 Å². The monoisotopic (exact) mass is 312 g/mol. The summed E-state index contributed by atoms with van der Waals surface area (Å²) in [4.78, 5) is 28.3. The van der Waals surface area contributed by atoms with Gasteiger partial charge in [-0.15, -0.1) is 0 Å². The van der Waals surface area contributed by atoms with Crippen molar-refractivity contribution in [3.63, 3.8) is 0 Å². The van der Waals surface area contributed by atoms with Crippen molar-refractivity contribution in [2.24, 2.45) is 0 Å². The normalized spacial score (nSPS) is 13.1. The highest BCUT2D eigenvalue weighted by Gasteiger charge is 2.39. The van der Waals surface area contributed by atoms with E-state index >= 15 is 0 Å². The average Bonchev–Trinajstić information content (AvgIpc) is 2.56. The van der Waals surface area contributed by atoms with E-state index in [1.165, 1.54) is 0 Å². The lowest BCUT2D eigenvalue weighted by atomic mass is 9.78. The van der Waals surface area contributed by atoms with Gasteiger partial charge in [0.2, 0.25) is 0 Å². The van der Waals surface area contributed by atoms with Crippen molar-refractivity contribution in [1.82, 2.24) is 10.3 Å². The number of amides is 1. The van der Waals surface area contributed by atoms with Crippen molar-refractivity contribution < 1.29 is 14.7 Å². The van der Waals surface area contributed by atoms with E-state index in [2.05, 4.69) is 10.3 Å². The number of hydrogen-bond acceptors (Lipinski definition) is 3. The Morgan fingerprint density at radius 3 is 2.39 bits per heavy atom. The molecule has 0 aliphatic carbocycles. The van der Waals surface area contributed by atoms with Crippen molar-refractivity contribution >= 4 is 11.9 Å². The van der Waals surface area contributed by atoms with Crippen LogP contribution in [0.4, 0.5) is 0 Å². The number of nitrogens with one attached hydrogen (secondary N) is 1. The number of carbonyl (C=O) groups excluding carboxylic acids is 1. The summed E-state index contributed by atoms with van der Waals surface area (Å²) in [6.45, 7) is 3.61. The predicted molar refractivity (Wildman–Crippen MR) is 87.4 cm³/mol. The quantitative estimate of drug-likeness (QED) is 0.859. The topological polar surface area (TPSA) is 79.3 Å². The van der Waals surface area contributed by atoms with Gasteiger partial charge in [0.1, 0.15) is 11.1 Å². The highest BCUT2D eigenvalue weighted by Crippen LogP contribution is 2.27. The fourth-order valence-corrected chi connectivity index (χ4v) is 2.53. The third-order valence-corrected chi connectivity index (χ3v) is 4.01. The Labute approximate surface area is 135 Å². The van der Waals surface area contributed by atoms with Gasteiger partial charge in [-0.1, -0.05) is 43.3 Å². The van der Waals surface area contributed by atoms with Crippen LogP contribution in [0.1, 0.15) is 35.1 Å². The summed E-state index contributed by atoms with van der Waals surface area (Å²) in [5.74, 6) is -1.33. The van der Waals surface area contributed by atoms with Crippen LogP contribution in [0.3, 0.4) is 0 Å². The molecule has 1 aromatic carbocycles. The first-order chi connectivity index (χ1) is 11.0. The summed E-state index contributed by atoms with van der Waals surface area (Å²) in [5.41, 5.74) is 0.544. The fourth-order valence-electron chi connectivity index (χ4n) is 2.53. The number of carboxylic acid groups (broad SMARTS) is 1. The van der Waals surface area contributed by atoms with Crippen LogP contribution >= 0.6 is 0 Å². The molecule has 0 spiro atoms. The second-order valence-corrected chi connectivity index (χ2v) is 5.45. The van der Waals surface area contributed by atoms with E-state index in [9.17, 15) is 14.7 Å². The van der Waals surface area contributed by atoms with E-state index in [0.29, 0.717) is 12.0 Å². The Morgan fingerprint density at radius 1 is 1.13 bits per heavy atom. The number of nitrogens with zero attached hydrogens (tertiary/aromatic N) is 1. The third kappa shape index (κ3) is 3.56. The maximum Gasteiger partial charge on any atom is 0.315 e. The summed E-state index contributed by atoms with van der Waals surface area (Å²) < 4.78 is 0. The Balaban J connectivity index is 2.23. The van der Waals surface area contributed by atoms with Crippen molar-refractivity contribution in [3.05, 3.63) is 65.5 Å². The molecule has 1 amide bonds. The molecule has 0 aliphatic rings. The molecule has 0 radical (unpaired) electrons. The predicted octanol–water partition coefficient (Wildman–Crippen LogP) is 2.55. The number of carbonyl (C=O) groups is 2. The minimum atomic E-state index is -1.15. The van der Waals surface area contributed by atoms with E-state index in [-0.39, 0.29) is 18.1 Å². The lowest BCUT2D eigenvalue weighted by Crippen LogP contribution is -2.46. The Hall–Kier alpha value is -2.69. The highest BCUT2D eigenvalue weighted by molar-refractivity contribution is 5.93. The molecule has 0 bridgehead atoms. The van der Waals surface area contributed by atoms with Crippen molar-refractivity contribution in [2.45, 2.75) is 25.7 Å². The zero-order valence-corrected chi connectivity index (χ0v) is 13.2. The highest BCUT2D eigenvalue weighted by atomic mass is 16.4. The Kier molecular flexibility index (Phi) is 5.11. The van der Waals surface area contributed by atoms with Crippen LogP contribution in [0.2, 0.25) is 0 Å². The molecule has 0 aliphatic heterocycles. The van der Waals surface area contributed by atoms with Crippen LogP contribution in [-0.4, -0.2) is 28.5 Å². The van der Waals surface area contributed by atoms with Gasteiger partial charge in [0.05, 0.1) is 0 Å². The number of rotatable bonds is 6. The number of aryl methyl sites for hydroxylation is 1. The first-order valence-electron chi connectivity index (χ1n) is 7.50. The van der Waals surface area contributed by atoms with Crippen LogP contribution < -0.4 is 5.32 Å². The van der Waals surface area contributed by atoms with Gasteiger partial charge in [0.25, 0.3) is 5.91 Å². The van der Waals surface area contributed by atoms with Crippen LogP contribution in [0.25, 0.3) is 0 Å². The molecule has 1 aromatic heterocycles. The lowest BCUT2D eigenvalue weighted by molar-refractivity contribution is -0.143. The first-order valence-corrected chi connectivity index (χ1v) is 7.50. The van der Waals surface area contributed by atoms with Crippen molar-refractivity contribution in [2.75, 3.05) is 6.54 Å². The molecule has 0 saturated heterocycles. The molecule has 120 valence electrons. The van der Waals surface area contributed by atoms with Gasteiger partial charge in [-0.3, -0.25) is 9.59 Å². The molecule has 1 heterocycles. The Morgan fingerprint density at radius 2 is 1.83 bits per heavy atom. The summed E-state index contributed by atoms with van der Waals surface area (Å²) in [5, 5.41) is 12.5. The minimum Gasteiger partial charge on any atom is -0.481 e. The smallest absolute Gasteiger partial charge is 0.315 e. The molecule has 5 nitrogen and oxygen atoms in total. The maximum atomic E-state index is 12.2. The molecule has 1 atom stereocenters. The van der Waals surface area contributed by atoms with Crippen molar-refractivity contribution in [3.8, 4) is 0 Å². The number of aliphatic carboxylic acids is 1. The summed E-state index contributed by atoms with van der Waals surface area (Å²) in [6, 6.07) is 14.1. The molecule has 0 saturated carbocycles. The van der Waals surface area contributed by atoms with Gasteiger partial charge in [0.15, 0.2) is 0 Å². The fraction of sp³-hybridized carbons (Fsp3) is 0.278. The van der Waals surface area contributed by atoms with Crippen LogP contribution in [0.15, 0.2) is 48.5 Å². The molecule has 5 heteroatoms. The number of carboxylic acids is 1. The molecule has 2 N–H and O–H groups in total. The average molecular weight is 312 g/mol. The third-order valence-electron chi connectivity index (χ3n) is 4.01. The maximum absolute atomic E-state index is 12.2. The van der Waals surface area contributed by atoms with E-state index in [0.717, 1.165) is 5.69 Å². The number of pyridine rings is 1. The standard InChI is InChI=1S/C18H20N2O3/c1-3-18(17(22)23,14-9-5-4-6-10-14)12-19-16(21)15-11-7-8-13(2)20-15/h4-11H,3,12H2,1-2H3,(H,19,21)(H,22,23). The largest absolute Gasteiger partial charge is 0.481 e. The van der Waals surface area contributed by atoms with Gasteiger partial charge in [-0.25, -0.2) is 4.98 Å². The molecule has 2 rings (SSSR count). The zero-order chi connectivity index (χ0) is 16.9. The second-order valence-electron chi connectivity index (χ2n) is 5.45. The first kappa shape index (κ1) is 16.7. The lowest BCUT2D eigenvalue weighted by Gasteiger charge is -2.29. The summed E-state index contributed by atoms with van der Waals surface area (Å²) in [7, 11) is 0. The van der Waals surface area contributed by atoms with Crippen molar-refractivity contribution in [1.29, 1.82) is 0 Å².